The van der Waals surface area contributed by atoms with Crippen molar-refractivity contribution in [3.05, 3.63) is 12.7 Å². The smallest absolute Gasteiger partial charge is 0.449 e. The molecule has 7 nitrogen and oxygen atoms in total. The van der Waals surface area contributed by atoms with Crippen LogP contribution in [0.15, 0.2) is 12.7 Å². The van der Waals surface area contributed by atoms with Gasteiger partial charge in [-0.05, 0) is 20.3 Å². The van der Waals surface area contributed by atoms with Crippen LogP contribution in [0.1, 0.15) is 40.5 Å². The van der Waals surface area contributed by atoms with Crippen LogP contribution in [-0.4, -0.2) is 35.2 Å². The van der Waals surface area contributed by atoms with Crippen LogP contribution in [-0.2, 0) is 24.0 Å². The Labute approximate surface area is 118 Å². The van der Waals surface area contributed by atoms with E-state index in [1.807, 2.05) is 6.92 Å². The van der Waals surface area contributed by atoms with Crippen molar-refractivity contribution < 1.29 is 33.9 Å². The van der Waals surface area contributed by atoms with Crippen molar-refractivity contribution in [1.82, 2.24) is 0 Å². The fourth-order valence-corrected chi connectivity index (χ4v) is 1.34. The zero-order valence-corrected chi connectivity index (χ0v) is 12.3. The zero-order chi connectivity index (χ0) is 15.8. The molecule has 0 spiro atoms. The summed E-state index contributed by atoms with van der Waals surface area (Å²) in [6.45, 7) is 10.1. The van der Waals surface area contributed by atoms with E-state index in [1.54, 1.807) is 13.8 Å². The predicted molar refractivity (Wildman–Crippen MR) is 69.8 cm³/mol. The molecule has 0 aromatic carbocycles. The highest BCUT2D eigenvalue weighted by atomic mass is 17.2. The lowest BCUT2D eigenvalue weighted by molar-refractivity contribution is -0.444. The first-order chi connectivity index (χ1) is 9.17. The van der Waals surface area contributed by atoms with Gasteiger partial charge in [-0.25, -0.2) is 14.5 Å². The van der Waals surface area contributed by atoms with Crippen molar-refractivity contribution in [2.24, 2.45) is 0 Å². The van der Waals surface area contributed by atoms with Gasteiger partial charge >= 0.3 is 12.1 Å². The summed E-state index contributed by atoms with van der Waals surface area (Å²) >= 11 is 0. The Hall–Kier alpha value is -1.44. The molecular weight excluding hydrogens is 268 g/mol. The summed E-state index contributed by atoms with van der Waals surface area (Å²) in [6.07, 6.45) is 1.16. The van der Waals surface area contributed by atoms with E-state index in [9.17, 15) is 9.59 Å². The van der Waals surface area contributed by atoms with Gasteiger partial charge < -0.3 is 14.6 Å². The summed E-state index contributed by atoms with van der Waals surface area (Å²) in [5, 5.41) is 8.47. The van der Waals surface area contributed by atoms with Crippen molar-refractivity contribution in [1.29, 1.82) is 0 Å². The van der Waals surface area contributed by atoms with Gasteiger partial charge in [-0.1, -0.05) is 19.4 Å². The molecule has 0 aliphatic carbocycles. The quantitative estimate of drug-likeness (QED) is 0.174. The average molecular weight is 290 g/mol. The number of esters is 1. The molecule has 0 aromatic rings. The lowest BCUT2D eigenvalue weighted by Crippen LogP contribution is -2.45. The second-order valence-electron chi connectivity index (χ2n) is 4.88. The summed E-state index contributed by atoms with van der Waals surface area (Å²) in [5.41, 5.74) is -0.656. The third-order valence-electron chi connectivity index (χ3n) is 2.31. The fraction of sp³-hybridized carbons (Fsp3) is 0.692. The largest absolute Gasteiger partial charge is 0.513 e. The standard InChI is InChI=1S/C13H22O7/c1-6-8-12(3,4)19-20-13(5,17-9-7-2)10(14)18-11(15)16/h7H,2,6,8-9H2,1,3-5H3,(H,15,16). The van der Waals surface area contributed by atoms with Crippen LogP contribution in [0.2, 0.25) is 0 Å². The topological polar surface area (TPSA) is 91.3 Å². The van der Waals surface area contributed by atoms with Gasteiger partial charge in [0.25, 0.3) is 5.79 Å². The number of hydrogen-bond donors (Lipinski definition) is 1. The van der Waals surface area contributed by atoms with E-state index in [0.717, 1.165) is 6.42 Å². The Morgan fingerprint density at radius 3 is 2.30 bits per heavy atom. The molecule has 0 radical (unpaired) electrons. The van der Waals surface area contributed by atoms with Crippen molar-refractivity contribution in [2.75, 3.05) is 6.61 Å². The van der Waals surface area contributed by atoms with Gasteiger partial charge in [0.1, 0.15) is 0 Å². The summed E-state index contributed by atoms with van der Waals surface area (Å²) in [6, 6.07) is 0. The van der Waals surface area contributed by atoms with Crippen LogP contribution in [0.25, 0.3) is 0 Å². The molecule has 1 atom stereocenters. The third kappa shape index (κ3) is 6.65. The normalized spacial score (nSPS) is 14.4. The van der Waals surface area contributed by atoms with Gasteiger partial charge in [-0.2, -0.15) is 4.89 Å². The van der Waals surface area contributed by atoms with Crippen molar-refractivity contribution in [3.8, 4) is 0 Å². The average Bonchev–Trinajstić information content (AvgIpc) is 2.33. The van der Waals surface area contributed by atoms with E-state index in [4.69, 9.17) is 19.6 Å². The monoisotopic (exact) mass is 290 g/mol. The van der Waals surface area contributed by atoms with Crippen LogP contribution in [0.4, 0.5) is 4.79 Å². The fourth-order valence-electron chi connectivity index (χ4n) is 1.34. The highest BCUT2D eigenvalue weighted by Gasteiger charge is 2.42. The Kier molecular flexibility index (Phi) is 7.41. The van der Waals surface area contributed by atoms with Crippen molar-refractivity contribution >= 4 is 12.1 Å². The second-order valence-corrected chi connectivity index (χ2v) is 4.88. The Morgan fingerprint density at radius 1 is 1.25 bits per heavy atom. The maximum absolute atomic E-state index is 11.7. The molecule has 0 fully saturated rings. The maximum atomic E-state index is 11.7. The van der Waals surface area contributed by atoms with E-state index in [-0.39, 0.29) is 6.61 Å². The number of rotatable bonds is 9. The lowest BCUT2D eigenvalue weighted by atomic mass is 10.0. The summed E-state index contributed by atoms with van der Waals surface area (Å²) < 4.78 is 9.16. The van der Waals surface area contributed by atoms with Gasteiger partial charge in [-0.15, -0.1) is 6.58 Å². The van der Waals surface area contributed by atoms with Gasteiger partial charge in [0.15, 0.2) is 0 Å². The van der Waals surface area contributed by atoms with Gasteiger partial charge in [0.2, 0.25) is 0 Å². The minimum atomic E-state index is -1.99. The van der Waals surface area contributed by atoms with Gasteiger partial charge in [0.05, 0.1) is 12.2 Å². The Morgan fingerprint density at radius 2 is 1.85 bits per heavy atom. The molecule has 7 heteroatoms. The van der Waals surface area contributed by atoms with Crippen LogP contribution >= 0.6 is 0 Å². The number of ether oxygens (including phenoxy) is 2. The molecule has 0 rings (SSSR count). The highest BCUT2D eigenvalue weighted by Crippen LogP contribution is 2.23. The van der Waals surface area contributed by atoms with Crippen LogP contribution in [0.3, 0.4) is 0 Å². The predicted octanol–water partition coefficient (Wildman–Crippen LogP) is 2.65. The molecule has 0 aliphatic heterocycles. The molecule has 0 saturated heterocycles. The highest BCUT2D eigenvalue weighted by molar-refractivity contribution is 5.85. The minimum Gasteiger partial charge on any atom is -0.449 e. The number of carboxylic acid groups (broad SMARTS) is 1. The molecular formula is C13H22O7. The van der Waals surface area contributed by atoms with Crippen LogP contribution in [0, 0.1) is 0 Å². The summed E-state index contributed by atoms with van der Waals surface area (Å²) in [4.78, 5) is 32.3. The number of carbonyl (C=O) groups is 2. The number of hydrogen-bond acceptors (Lipinski definition) is 6. The number of carbonyl (C=O) groups excluding carboxylic acids is 1. The Bertz CT molecular complexity index is 351. The van der Waals surface area contributed by atoms with Crippen molar-refractivity contribution in [3.63, 3.8) is 0 Å². The summed E-state index contributed by atoms with van der Waals surface area (Å²) in [5.74, 6) is -3.21. The summed E-state index contributed by atoms with van der Waals surface area (Å²) in [7, 11) is 0. The molecule has 0 aromatic heterocycles. The molecule has 0 aliphatic rings. The first-order valence-electron chi connectivity index (χ1n) is 6.23. The molecule has 116 valence electrons. The zero-order valence-electron chi connectivity index (χ0n) is 12.3. The second kappa shape index (κ2) is 7.98. The molecule has 1 N–H and O–H groups in total. The SMILES string of the molecule is C=CCOC(C)(OOC(C)(C)CCC)C(=O)OC(=O)O. The molecule has 0 heterocycles. The van der Waals surface area contributed by atoms with E-state index in [2.05, 4.69) is 11.3 Å². The molecule has 20 heavy (non-hydrogen) atoms. The van der Waals surface area contributed by atoms with E-state index in [1.165, 1.54) is 13.0 Å². The van der Waals surface area contributed by atoms with E-state index in [0.29, 0.717) is 6.42 Å². The molecule has 0 amide bonds. The molecule has 1 unspecified atom stereocenters. The minimum absolute atomic E-state index is 0.0389. The lowest BCUT2D eigenvalue weighted by Gasteiger charge is -2.30. The first-order valence-corrected chi connectivity index (χ1v) is 6.23. The van der Waals surface area contributed by atoms with Crippen molar-refractivity contribution in [2.45, 2.75) is 51.9 Å². The third-order valence-corrected chi connectivity index (χ3v) is 2.31. The molecule has 0 bridgehead atoms. The van der Waals surface area contributed by atoms with E-state index < -0.39 is 23.5 Å². The van der Waals surface area contributed by atoms with E-state index >= 15 is 0 Å². The Balaban J connectivity index is 4.81. The first kappa shape index (κ1) is 18.6. The van der Waals surface area contributed by atoms with Gasteiger partial charge in [-0.3, -0.25) is 0 Å². The van der Waals surface area contributed by atoms with Crippen LogP contribution < -0.4 is 0 Å². The van der Waals surface area contributed by atoms with Crippen LogP contribution in [0.5, 0.6) is 0 Å². The maximum Gasteiger partial charge on any atom is 0.513 e. The molecule has 0 saturated carbocycles. The van der Waals surface area contributed by atoms with Gasteiger partial charge in [0, 0.05) is 6.92 Å².